The number of hydrogen-bond donors (Lipinski definition) is 1. The van der Waals surface area contributed by atoms with Crippen molar-refractivity contribution in [3.8, 4) is 0 Å². The Morgan fingerprint density at radius 2 is 1.36 bits per heavy atom. The maximum Gasteiger partial charge on any atom is 0.346 e. The average molecular weight is 291 g/mol. The fourth-order valence-electron chi connectivity index (χ4n) is 2.38. The molecule has 1 N–H and O–H groups in total. The van der Waals surface area contributed by atoms with E-state index in [0.717, 1.165) is 18.9 Å². The third-order valence-electron chi connectivity index (χ3n) is 3.43. The van der Waals surface area contributed by atoms with E-state index in [-0.39, 0.29) is 5.69 Å². The highest BCUT2D eigenvalue weighted by Gasteiger charge is 2.09. The molecule has 4 nitrogen and oxygen atoms in total. The monoisotopic (exact) mass is 291 g/mol. The van der Waals surface area contributed by atoms with Gasteiger partial charge in [0.2, 0.25) is 0 Å². The molecule has 0 spiro atoms. The lowest BCUT2D eigenvalue weighted by molar-refractivity contribution is 0.776. The summed E-state index contributed by atoms with van der Waals surface area (Å²) in [5, 5.41) is 0. The van der Waals surface area contributed by atoms with Crippen molar-refractivity contribution < 1.29 is 0 Å². The summed E-state index contributed by atoms with van der Waals surface area (Å²) in [6.45, 7) is 1.44. The zero-order chi connectivity index (χ0) is 15.2. The van der Waals surface area contributed by atoms with Crippen LogP contribution < -0.4 is 10.6 Å². The van der Waals surface area contributed by atoms with Crippen LogP contribution in [0.5, 0.6) is 0 Å². The van der Waals surface area contributed by atoms with Gasteiger partial charge in [-0.2, -0.15) is 0 Å². The second kappa shape index (κ2) is 6.72. The Kier molecular flexibility index (Phi) is 4.30. The number of aromatic nitrogens is 2. The largest absolute Gasteiger partial charge is 0.349 e. The minimum absolute atomic E-state index is 0.330. The molecule has 4 heteroatoms. The molecule has 2 aromatic carbocycles. The molecule has 3 aromatic rings. The molecule has 22 heavy (non-hydrogen) atoms. The van der Waals surface area contributed by atoms with E-state index in [1.54, 1.807) is 0 Å². The van der Waals surface area contributed by atoms with Crippen molar-refractivity contribution >= 4 is 5.82 Å². The molecule has 0 unspecified atom stereocenters. The number of H-pyrrole nitrogens is 1. The van der Waals surface area contributed by atoms with Gasteiger partial charge in [-0.25, -0.2) is 9.78 Å². The van der Waals surface area contributed by atoms with Gasteiger partial charge in [-0.15, -0.1) is 0 Å². The molecular formula is C18H17N3O. The Hall–Kier alpha value is -2.88. The van der Waals surface area contributed by atoms with Gasteiger partial charge in [0.25, 0.3) is 0 Å². The van der Waals surface area contributed by atoms with Gasteiger partial charge in [-0.3, -0.25) is 4.98 Å². The minimum Gasteiger partial charge on any atom is -0.349 e. The molecule has 0 saturated carbocycles. The van der Waals surface area contributed by atoms with Crippen LogP contribution in [0.4, 0.5) is 5.82 Å². The summed E-state index contributed by atoms with van der Waals surface area (Å²) < 4.78 is 0. The van der Waals surface area contributed by atoms with E-state index < -0.39 is 0 Å². The van der Waals surface area contributed by atoms with Crippen LogP contribution >= 0.6 is 0 Å². The predicted octanol–water partition coefficient (Wildman–Crippen LogP) is 2.98. The van der Waals surface area contributed by atoms with E-state index in [0.29, 0.717) is 0 Å². The summed E-state index contributed by atoms with van der Waals surface area (Å²) in [5.74, 6) is 0.771. The van der Waals surface area contributed by atoms with E-state index in [2.05, 4.69) is 39.1 Å². The van der Waals surface area contributed by atoms with Gasteiger partial charge in [0.15, 0.2) is 0 Å². The molecule has 0 atom stereocenters. The first-order valence-corrected chi connectivity index (χ1v) is 7.19. The number of anilines is 1. The first kappa shape index (κ1) is 14.1. The van der Waals surface area contributed by atoms with Crippen molar-refractivity contribution in [3.05, 3.63) is 94.5 Å². The summed E-state index contributed by atoms with van der Waals surface area (Å²) >= 11 is 0. The molecule has 1 heterocycles. The molecule has 0 saturated heterocycles. The van der Waals surface area contributed by atoms with Crippen molar-refractivity contribution in [2.45, 2.75) is 13.1 Å². The fourth-order valence-corrected chi connectivity index (χ4v) is 2.38. The molecule has 0 amide bonds. The normalized spacial score (nSPS) is 10.4. The minimum atomic E-state index is -0.330. The van der Waals surface area contributed by atoms with E-state index in [4.69, 9.17) is 0 Å². The van der Waals surface area contributed by atoms with E-state index in [1.165, 1.54) is 17.3 Å². The third kappa shape index (κ3) is 3.61. The van der Waals surface area contributed by atoms with Crippen molar-refractivity contribution in [1.82, 2.24) is 9.97 Å². The molecule has 3 rings (SSSR count). The summed E-state index contributed by atoms with van der Waals surface area (Å²) in [4.78, 5) is 20.1. The number of nitrogens with zero attached hydrogens (tertiary/aromatic N) is 2. The topological polar surface area (TPSA) is 49.0 Å². The maximum atomic E-state index is 11.5. The van der Waals surface area contributed by atoms with Gasteiger partial charge >= 0.3 is 5.69 Å². The van der Waals surface area contributed by atoms with Crippen LogP contribution in [0, 0.1) is 0 Å². The highest BCUT2D eigenvalue weighted by Crippen LogP contribution is 2.16. The molecule has 0 aliphatic carbocycles. The Bertz CT molecular complexity index is 727. The van der Waals surface area contributed by atoms with Gasteiger partial charge in [0.1, 0.15) is 5.82 Å². The highest BCUT2D eigenvalue weighted by atomic mass is 16.1. The zero-order valence-electron chi connectivity index (χ0n) is 12.1. The van der Waals surface area contributed by atoms with Gasteiger partial charge in [-0.05, 0) is 17.2 Å². The van der Waals surface area contributed by atoms with E-state index >= 15 is 0 Å². The third-order valence-corrected chi connectivity index (χ3v) is 3.43. The number of hydrogen-bond acceptors (Lipinski definition) is 3. The van der Waals surface area contributed by atoms with Gasteiger partial charge in [-0.1, -0.05) is 60.7 Å². The first-order chi connectivity index (χ1) is 10.8. The smallest absolute Gasteiger partial charge is 0.346 e. The Morgan fingerprint density at radius 3 is 1.86 bits per heavy atom. The number of benzene rings is 2. The van der Waals surface area contributed by atoms with Crippen LogP contribution in [-0.4, -0.2) is 9.97 Å². The fraction of sp³-hybridized carbons (Fsp3) is 0.111. The van der Waals surface area contributed by atoms with Crippen LogP contribution in [0.3, 0.4) is 0 Å². The second-order valence-corrected chi connectivity index (χ2v) is 5.09. The molecule has 0 aliphatic heterocycles. The van der Waals surface area contributed by atoms with Crippen LogP contribution in [-0.2, 0) is 13.1 Å². The highest BCUT2D eigenvalue weighted by molar-refractivity contribution is 5.39. The Morgan fingerprint density at radius 1 is 0.818 bits per heavy atom. The molecule has 0 fully saturated rings. The molecule has 0 radical (unpaired) electrons. The lowest BCUT2D eigenvalue weighted by Gasteiger charge is -2.24. The van der Waals surface area contributed by atoms with Crippen LogP contribution in [0.25, 0.3) is 0 Å². The maximum absolute atomic E-state index is 11.5. The quantitative estimate of drug-likeness (QED) is 0.786. The van der Waals surface area contributed by atoms with Crippen molar-refractivity contribution in [3.63, 3.8) is 0 Å². The molecule has 0 bridgehead atoms. The van der Waals surface area contributed by atoms with Crippen LogP contribution in [0.15, 0.2) is 77.7 Å². The predicted molar refractivity (Wildman–Crippen MR) is 87.6 cm³/mol. The van der Waals surface area contributed by atoms with Crippen LogP contribution in [0.1, 0.15) is 11.1 Å². The lowest BCUT2D eigenvalue weighted by Crippen LogP contribution is -2.25. The average Bonchev–Trinajstić information content (AvgIpc) is 2.56. The van der Waals surface area contributed by atoms with E-state index in [9.17, 15) is 4.79 Å². The summed E-state index contributed by atoms with van der Waals surface area (Å²) in [7, 11) is 0. The summed E-state index contributed by atoms with van der Waals surface area (Å²) in [6, 6.07) is 22.2. The Labute approximate surface area is 129 Å². The molecule has 110 valence electrons. The number of rotatable bonds is 5. The van der Waals surface area contributed by atoms with Crippen molar-refractivity contribution in [2.24, 2.45) is 0 Å². The lowest BCUT2D eigenvalue weighted by atomic mass is 10.1. The summed E-state index contributed by atoms with van der Waals surface area (Å²) in [5.41, 5.74) is 2.05. The van der Waals surface area contributed by atoms with Crippen LogP contribution in [0.2, 0.25) is 0 Å². The second-order valence-electron chi connectivity index (χ2n) is 5.09. The molecule has 1 aromatic heterocycles. The molecular weight excluding hydrogens is 274 g/mol. The van der Waals surface area contributed by atoms with Gasteiger partial charge < -0.3 is 4.90 Å². The molecule has 0 aliphatic rings. The van der Waals surface area contributed by atoms with Gasteiger partial charge in [0.05, 0.1) is 0 Å². The van der Waals surface area contributed by atoms with Crippen molar-refractivity contribution in [2.75, 3.05) is 4.90 Å². The summed E-state index contributed by atoms with van der Waals surface area (Å²) in [6.07, 6.45) is 1.54. The SMILES string of the molecule is O=c1nccc(N(Cc2ccccc2)Cc2ccccc2)[nH]1. The van der Waals surface area contributed by atoms with E-state index in [1.807, 2.05) is 42.5 Å². The Balaban J connectivity index is 1.89. The number of aromatic amines is 1. The first-order valence-electron chi connectivity index (χ1n) is 7.19. The zero-order valence-corrected chi connectivity index (χ0v) is 12.1. The van der Waals surface area contributed by atoms with Crippen molar-refractivity contribution in [1.29, 1.82) is 0 Å². The van der Waals surface area contributed by atoms with Gasteiger partial charge in [0, 0.05) is 19.3 Å². The number of nitrogens with one attached hydrogen (secondary N) is 1. The standard InChI is InChI=1S/C18H17N3O/c22-18-19-12-11-17(20-18)21(13-15-7-3-1-4-8-15)14-16-9-5-2-6-10-16/h1-12H,13-14H2,(H,19,20,22).